The van der Waals surface area contributed by atoms with Crippen molar-refractivity contribution in [3.05, 3.63) is 65.7 Å². The molecule has 2 aromatic carbocycles. The number of hydrogen-bond donors (Lipinski definition) is 2. The molecule has 0 unspecified atom stereocenters. The minimum atomic E-state index is -0.972. The number of piperidine rings is 1. The Morgan fingerprint density at radius 2 is 1.65 bits per heavy atom. The van der Waals surface area contributed by atoms with E-state index in [0.717, 1.165) is 44.3 Å². The van der Waals surface area contributed by atoms with Gasteiger partial charge in [0.15, 0.2) is 0 Å². The Morgan fingerprint density at radius 1 is 1.04 bits per heavy atom. The molecule has 0 bridgehead atoms. The number of phenolic OH excluding ortho intramolecular Hbond substituents is 1. The van der Waals surface area contributed by atoms with Crippen LogP contribution in [0.2, 0.25) is 0 Å². The number of aliphatic hydroxyl groups is 1. The lowest BCUT2D eigenvalue weighted by Crippen LogP contribution is -2.53. The van der Waals surface area contributed by atoms with E-state index in [4.69, 9.17) is 0 Å². The Hall–Kier alpha value is -1.84. The second kappa shape index (κ2) is 8.24. The van der Waals surface area contributed by atoms with Crippen LogP contribution in [0.1, 0.15) is 44.2 Å². The van der Waals surface area contributed by atoms with Crippen LogP contribution in [0.4, 0.5) is 0 Å². The zero-order valence-electron chi connectivity index (χ0n) is 15.9. The first-order valence-corrected chi connectivity index (χ1v) is 9.85. The van der Waals surface area contributed by atoms with Gasteiger partial charge in [-0.25, -0.2) is 0 Å². The molecule has 2 atom stereocenters. The molecule has 3 rings (SSSR count). The van der Waals surface area contributed by atoms with Crippen molar-refractivity contribution in [1.82, 2.24) is 4.90 Å². The normalized spacial score (nSPS) is 19.8. The summed E-state index contributed by atoms with van der Waals surface area (Å²) in [5.41, 5.74) is 1.31. The summed E-state index contributed by atoms with van der Waals surface area (Å²) >= 11 is 0. The average Bonchev–Trinajstić information content (AvgIpc) is 2.68. The van der Waals surface area contributed by atoms with Gasteiger partial charge in [0.25, 0.3) is 0 Å². The first-order chi connectivity index (χ1) is 12.5. The van der Waals surface area contributed by atoms with Gasteiger partial charge in [0, 0.05) is 19.0 Å². The van der Waals surface area contributed by atoms with Gasteiger partial charge in [-0.1, -0.05) is 56.3 Å². The molecule has 1 fully saturated rings. The van der Waals surface area contributed by atoms with Crippen LogP contribution in [0.15, 0.2) is 54.6 Å². The van der Waals surface area contributed by atoms with Crippen molar-refractivity contribution in [1.29, 1.82) is 0 Å². The van der Waals surface area contributed by atoms with E-state index in [1.54, 1.807) is 12.1 Å². The van der Waals surface area contributed by atoms with Gasteiger partial charge in [-0.15, -0.1) is 0 Å². The summed E-state index contributed by atoms with van der Waals surface area (Å²) in [5.74, 6) is 1.04. The van der Waals surface area contributed by atoms with Crippen LogP contribution in [0, 0.1) is 11.8 Å². The van der Waals surface area contributed by atoms with E-state index < -0.39 is 5.72 Å². The fraction of sp³-hybridized carbons (Fsp3) is 0.478. The van der Waals surface area contributed by atoms with E-state index in [1.165, 1.54) is 5.56 Å². The third-order valence-corrected chi connectivity index (χ3v) is 6.06. The predicted octanol–water partition coefficient (Wildman–Crippen LogP) is 4.54. The molecule has 2 N–H and O–H groups in total. The van der Waals surface area contributed by atoms with Crippen molar-refractivity contribution in [2.45, 2.75) is 45.3 Å². The maximum Gasteiger partial charge on any atom is 0.147 e. The van der Waals surface area contributed by atoms with E-state index in [1.807, 2.05) is 12.1 Å². The molecule has 0 amide bonds. The Balaban J connectivity index is 1.72. The third kappa shape index (κ3) is 3.94. The molecular weight excluding hydrogens is 322 g/mol. The van der Waals surface area contributed by atoms with Crippen molar-refractivity contribution in [2.24, 2.45) is 11.8 Å². The van der Waals surface area contributed by atoms with Crippen molar-refractivity contribution >= 4 is 0 Å². The molecule has 2 aromatic rings. The lowest BCUT2D eigenvalue weighted by molar-refractivity contribution is -0.165. The molecule has 1 aliphatic rings. The number of hydrogen-bond acceptors (Lipinski definition) is 3. The van der Waals surface area contributed by atoms with Gasteiger partial charge in [-0.05, 0) is 54.9 Å². The molecule has 26 heavy (non-hydrogen) atoms. The van der Waals surface area contributed by atoms with Crippen molar-refractivity contribution in [3.63, 3.8) is 0 Å². The predicted molar refractivity (Wildman–Crippen MR) is 106 cm³/mol. The summed E-state index contributed by atoms with van der Waals surface area (Å²) in [7, 11) is 0. The maximum atomic E-state index is 11.7. The van der Waals surface area contributed by atoms with Crippen LogP contribution in [-0.2, 0) is 12.1 Å². The van der Waals surface area contributed by atoms with Crippen molar-refractivity contribution in [2.75, 3.05) is 13.1 Å². The molecule has 1 aliphatic heterocycles. The number of nitrogens with zero attached hydrogens (tertiary/aromatic N) is 1. The highest BCUT2D eigenvalue weighted by atomic mass is 16.3. The molecule has 0 aliphatic carbocycles. The average molecular weight is 354 g/mol. The Kier molecular flexibility index (Phi) is 6.00. The second-order valence-electron chi connectivity index (χ2n) is 7.70. The zero-order valence-corrected chi connectivity index (χ0v) is 15.9. The van der Waals surface area contributed by atoms with Crippen LogP contribution in [0.5, 0.6) is 5.75 Å². The molecular formula is C23H31NO2. The van der Waals surface area contributed by atoms with Gasteiger partial charge in [-0.3, -0.25) is 4.90 Å². The molecule has 0 spiro atoms. The van der Waals surface area contributed by atoms with Gasteiger partial charge in [0.05, 0.1) is 0 Å². The summed E-state index contributed by atoms with van der Waals surface area (Å²) in [5, 5.41) is 21.3. The Labute approximate surface area is 157 Å². The van der Waals surface area contributed by atoms with E-state index >= 15 is 0 Å². The standard InChI is InChI=1S/C23H31NO2/c1-3-18(2)23(26,21-9-11-22(25)12-10-21)24-15-13-20(14-16-24)17-19-7-5-4-6-8-19/h4-12,18,20,25-26H,3,13-17H2,1-2H3/t18-,23+/m0/s1. The van der Waals surface area contributed by atoms with Gasteiger partial charge in [0.1, 0.15) is 11.5 Å². The largest absolute Gasteiger partial charge is 0.508 e. The van der Waals surface area contributed by atoms with E-state index in [0.29, 0.717) is 5.92 Å². The van der Waals surface area contributed by atoms with E-state index in [9.17, 15) is 10.2 Å². The summed E-state index contributed by atoms with van der Waals surface area (Å²) in [6, 6.07) is 17.8. The van der Waals surface area contributed by atoms with Crippen LogP contribution in [0.3, 0.4) is 0 Å². The molecule has 0 saturated carbocycles. The molecule has 3 heteroatoms. The maximum absolute atomic E-state index is 11.7. The van der Waals surface area contributed by atoms with Gasteiger partial charge in [0.2, 0.25) is 0 Å². The van der Waals surface area contributed by atoms with E-state index in [2.05, 4.69) is 49.1 Å². The topological polar surface area (TPSA) is 43.7 Å². The molecule has 140 valence electrons. The minimum Gasteiger partial charge on any atom is -0.508 e. The minimum absolute atomic E-state index is 0.123. The number of aromatic hydroxyl groups is 1. The lowest BCUT2D eigenvalue weighted by atomic mass is 9.83. The summed E-state index contributed by atoms with van der Waals surface area (Å²) < 4.78 is 0. The van der Waals surface area contributed by atoms with Crippen LogP contribution < -0.4 is 0 Å². The van der Waals surface area contributed by atoms with Gasteiger partial charge in [-0.2, -0.15) is 0 Å². The molecule has 0 radical (unpaired) electrons. The SMILES string of the molecule is CC[C@H](C)[C@@](O)(c1ccc(O)cc1)N1CCC(Cc2ccccc2)CC1. The summed E-state index contributed by atoms with van der Waals surface area (Å²) in [6.45, 7) is 6.04. The Bertz CT molecular complexity index is 677. The zero-order chi connectivity index (χ0) is 18.6. The number of likely N-dealkylation sites (tertiary alicyclic amines) is 1. The van der Waals surface area contributed by atoms with Crippen molar-refractivity contribution in [3.8, 4) is 5.75 Å². The first-order valence-electron chi connectivity index (χ1n) is 9.85. The highest BCUT2D eigenvalue weighted by molar-refractivity contribution is 5.30. The first kappa shape index (κ1) is 18.9. The molecule has 1 saturated heterocycles. The van der Waals surface area contributed by atoms with Crippen LogP contribution in [-0.4, -0.2) is 28.2 Å². The Morgan fingerprint density at radius 3 is 2.23 bits per heavy atom. The fourth-order valence-corrected chi connectivity index (χ4v) is 4.20. The third-order valence-electron chi connectivity index (χ3n) is 6.06. The number of benzene rings is 2. The lowest BCUT2D eigenvalue weighted by Gasteiger charge is -2.47. The summed E-state index contributed by atoms with van der Waals surface area (Å²) in [6.07, 6.45) is 4.23. The molecule has 0 aromatic heterocycles. The monoisotopic (exact) mass is 353 g/mol. The molecule has 1 heterocycles. The van der Waals surface area contributed by atoms with Crippen LogP contribution >= 0.6 is 0 Å². The van der Waals surface area contributed by atoms with Crippen molar-refractivity contribution < 1.29 is 10.2 Å². The van der Waals surface area contributed by atoms with E-state index in [-0.39, 0.29) is 11.7 Å². The second-order valence-corrected chi connectivity index (χ2v) is 7.70. The summed E-state index contributed by atoms with van der Waals surface area (Å²) in [4.78, 5) is 2.25. The number of rotatable bonds is 6. The highest BCUT2D eigenvalue weighted by Crippen LogP contribution is 2.38. The van der Waals surface area contributed by atoms with Crippen LogP contribution in [0.25, 0.3) is 0 Å². The molecule has 3 nitrogen and oxygen atoms in total. The smallest absolute Gasteiger partial charge is 0.147 e. The fourth-order valence-electron chi connectivity index (χ4n) is 4.20. The number of phenols is 1. The highest BCUT2D eigenvalue weighted by Gasteiger charge is 2.42. The van der Waals surface area contributed by atoms with Gasteiger partial charge < -0.3 is 10.2 Å². The quantitative estimate of drug-likeness (QED) is 0.801. The van der Waals surface area contributed by atoms with Gasteiger partial charge >= 0.3 is 0 Å².